The first-order valence-electron chi connectivity index (χ1n) is 12.3. The van der Waals surface area contributed by atoms with Gasteiger partial charge in [0.2, 0.25) is 0 Å². The average Bonchev–Trinajstić information content (AvgIpc) is 3.38. The molecule has 176 valence electrons. The fourth-order valence-corrected chi connectivity index (χ4v) is 5.46. The molecular weight excluding hydrogens is 426 g/mol. The molecule has 2 aromatic heterocycles. The second-order valence-corrected chi connectivity index (χ2v) is 10.0. The third-order valence-electron chi connectivity index (χ3n) is 6.96. The Labute approximate surface area is 199 Å². The van der Waals surface area contributed by atoms with Gasteiger partial charge in [-0.3, -0.25) is 4.79 Å². The number of carbonyl (C=O) groups is 1. The van der Waals surface area contributed by atoms with E-state index >= 15 is 0 Å². The van der Waals surface area contributed by atoms with Gasteiger partial charge in [0.15, 0.2) is 5.82 Å². The van der Waals surface area contributed by atoms with Gasteiger partial charge in [-0.25, -0.2) is 4.98 Å². The van der Waals surface area contributed by atoms with E-state index in [-0.39, 0.29) is 11.9 Å². The van der Waals surface area contributed by atoms with Crippen molar-refractivity contribution < 1.29 is 9.53 Å². The van der Waals surface area contributed by atoms with Gasteiger partial charge in [-0.1, -0.05) is 32.0 Å². The Hall–Kier alpha value is -3.32. The molecule has 4 aromatic rings. The van der Waals surface area contributed by atoms with Crippen molar-refractivity contribution in [2.75, 3.05) is 19.7 Å². The fourth-order valence-electron chi connectivity index (χ4n) is 5.46. The highest BCUT2D eigenvalue weighted by atomic mass is 16.5. The van der Waals surface area contributed by atoms with Crippen LogP contribution in [0.4, 0.5) is 0 Å². The van der Waals surface area contributed by atoms with Gasteiger partial charge in [0.1, 0.15) is 17.9 Å². The summed E-state index contributed by atoms with van der Waals surface area (Å²) in [6, 6.07) is 14.6. The van der Waals surface area contributed by atoms with Gasteiger partial charge in [0.25, 0.3) is 5.91 Å². The second-order valence-electron chi connectivity index (χ2n) is 10.0. The number of nitrogens with two attached hydrogens (primary N) is 1. The maximum absolute atomic E-state index is 13.3. The fraction of sp³-hybridized carbons (Fsp3) is 0.407. The summed E-state index contributed by atoms with van der Waals surface area (Å²) in [4.78, 5) is 20.3. The molecule has 4 heterocycles. The molecule has 2 aliphatic rings. The number of carbonyl (C=O) groups excluding carboxylic acids is 1. The molecule has 1 fully saturated rings. The average molecular weight is 458 g/mol. The molecule has 1 unspecified atom stereocenters. The molecule has 1 atom stereocenters. The highest BCUT2D eigenvalue weighted by Crippen LogP contribution is 2.37. The van der Waals surface area contributed by atoms with Crippen molar-refractivity contribution in [3.63, 3.8) is 0 Å². The third kappa shape index (κ3) is 3.46. The predicted octanol–water partition coefficient (Wildman–Crippen LogP) is 4.27. The molecule has 34 heavy (non-hydrogen) atoms. The smallest absolute Gasteiger partial charge is 0.254 e. The second kappa shape index (κ2) is 8.17. The molecule has 0 saturated carbocycles. The van der Waals surface area contributed by atoms with E-state index in [4.69, 9.17) is 15.5 Å². The van der Waals surface area contributed by atoms with E-state index in [1.165, 1.54) is 10.9 Å². The molecule has 0 aliphatic carbocycles. The lowest BCUT2D eigenvalue weighted by Gasteiger charge is -2.31. The van der Waals surface area contributed by atoms with Crippen LogP contribution in [0.15, 0.2) is 42.5 Å². The number of rotatable bonds is 4. The largest absolute Gasteiger partial charge is 0.489 e. The van der Waals surface area contributed by atoms with Crippen molar-refractivity contribution in [1.29, 1.82) is 0 Å². The van der Waals surface area contributed by atoms with E-state index in [1.54, 1.807) is 0 Å². The standard InChI is InChI=1S/C27H31N5O2/c1-17(2)15-32-22-8-4-3-6-18(22)13-23(32)26-29-21-12-19(14-24-25(21)31(26)10-11-34-24)27(33)30-9-5-7-20(28)16-30/h3-4,6,8,12-14,17,20H,5,7,9-11,15-16,28H2,1-2H3. The number of para-hydroxylation sites is 1. The normalized spacial score (nSPS) is 18.1. The van der Waals surface area contributed by atoms with Gasteiger partial charge in [0.05, 0.1) is 17.8 Å². The first-order valence-corrected chi connectivity index (χ1v) is 12.3. The van der Waals surface area contributed by atoms with Crippen molar-refractivity contribution in [2.24, 2.45) is 11.7 Å². The molecule has 7 heteroatoms. The van der Waals surface area contributed by atoms with Crippen LogP contribution in [0.1, 0.15) is 37.0 Å². The number of amides is 1. The zero-order valence-electron chi connectivity index (χ0n) is 19.8. The highest BCUT2D eigenvalue weighted by Gasteiger charge is 2.27. The van der Waals surface area contributed by atoms with Crippen LogP contribution in [0.5, 0.6) is 5.75 Å². The van der Waals surface area contributed by atoms with E-state index in [9.17, 15) is 4.79 Å². The Morgan fingerprint density at radius 1 is 1.21 bits per heavy atom. The SMILES string of the molecule is CC(C)Cn1c(-c2nc3cc(C(=O)N4CCCC(N)C4)cc4c3n2CCO4)cc2ccccc21. The molecule has 2 aliphatic heterocycles. The zero-order valence-corrected chi connectivity index (χ0v) is 19.8. The molecule has 1 saturated heterocycles. The first kappa shape index (κ1) is 21.2. The monoisotopic (exact) mass is 457 g/mol. The number of fused-ring (bicyclic) bond motifs is 1. The van der Waals surface area contributed by atoms with Crippen LogP contribution in [0.2, 0.25) is 0 Å². The number of hydrogen-bond donors (Lipinski definition) is 1. The van der Waals surface area contributed by atoms with Gasteiger partial charge in [0, 0.05) is 42.1 Å². The van der Waals surface area contributed by atoms with Crippen LogP contribution in [0, 0.1) is 5.92 Å². The number of imidazole rings is 1. The molecule has 2 N–H and O–H groups in total. The highest BCUT2D eigenvalue weighted by molar-refractivity contribution is 6.00. The number of likely N-dealkylation sites (tertiary alicyclic amines) is 1. The van der Waals surface area contributed by atoms with E-state index < -0.39 is 0 Å². The van der Waals surface area contributed by atoms with Crippen LogP contribution in [0.25, 0.3) is 33.5 Å². The lowest BCUT2D eigenvalue weighted by molar-refractivity contribution is 0.0708. The Bertz CT molecular complexity index is 1400. The third-order valence-corrected chi connectivity index (χ3v) is 6.96. The molecular formula is C27H31N5O2. The van der Waals surface area contributed by atoms with Crippen LogP contribution in [-0.4, -0.2) is 50.7 Å². The van der Waals surface area contributed by atoms with Gasteiger partial charge in [-0.15, -0.1) is 0 Å². The van der Waals surface area contributed by atoms with Gasteiger partial charge >= 0.3 is 0 Å². The number of aromatic nitrogens is 3. The topological polar surface area (TPSA) is 78.3 Å². The van der Waals surface area contributed by atoms with Crippen molar-refractivity contribution >= 4 is 27.8 Å². The molecule has 0 spiro atoms. The summed E-state index contributed by atoms with van der Waals surface area (Å²) >= 11 is 0. The number of nitrogens with zero attached hydrogens (tertiary/aromatic N) is 4. The van der Waals surface area contributed by atoms with Crippen LogP contribution >= 0.6 is 0 Å². The quantitative estimate of drug-likeness (QED) is 0.496. The van der Waals surface area contributed by atoms with E-state index in [0.29, 0.717) is 24.6 Å². The maximum Gasteiger partial charge on any atom is 0.254 e. The molecule has 0 bridgehead atoms. The van der Waals surface area contributed by atoms with Crippen LogP contribution in [0.3, 0.4) is 0 Å². The lowest BCUT2D eigenvalue weighted by Crippen LogP contribution is -2.45. The van der Waals surface area contributed by atoms with Gasteiger partial charge in [-0.2, -0.15) is 0 Å². The summed E-state index contributed by atoms with van der Waals surface area (Å²) in [6.45, 7) is 8.02. The molecule has 7 nitrogen and oxygen atoms in total. The summed E-state index contributed by atoms with van der Waals surface area (Å²) < 4.78 is 10.7. The summed E-state index contributed by atoms with van der Waals surface area (Å²) in [5, 5.41) is 1.21. The Morgan fingerprint density at radius 2 is 2.06 bits per heavy atom. The van der Waals surface area contributed by atoms with Gasteiger partial charge < -0.3 is 24.5 Å². The van der Waals surface area contributed by atoms with Crippen molar-refractivity contribution in [2.45, 2.75) is 45.8 Å². The number of piperidine rings is 1. The van der Waals surface area contributed by atoms with E-state index in [1.807, 2.05) is 17.0 Å². The molecule has 6 rings (SSSR count). The summed E-state index contributed by atoms with van der Waals surface area (Å²) in [5.41, 5.74) is 10.8. The Balaban J connectivity index is 1.49. The minimum atomic E-state index is 0.00694. The van der Waals surface area contributed by atoms with E-state index in [2.05, 4.69) is 53.3 Å². The van der Waals surface area contributed by atoms with Crippen LogP contribution < -0.4 is 10.5 Å². The van der Waals surface area contributed by atoms with Gasteiger partial charge in [-0.05, 0) is 43.0 Å². The number of ether oxygens (including phenoxy) is 1. The Morgan fingerprint density at radius 3 is 2.88 bits per heavy atom. The number of hydrogen-bond acceptors (Lipinski definition) is 4. The minimum Gasteiger partial charge on any atom is -0.489 e. The maximum atomic E-state index is 13.3. The lowest BCUT2D eigenvalue weighted by atomic mass is 10.0. The first-order chi connectivity index (χ1) is 16.5. The summed E-state index contributed by atoms with van der Waals surface area (Å²) in [7, 11) is 0. The molecule has 0 radical (unpaired) electrons. The summed E-state index contributed by atoms with van der Waals surface area (Å²) in [5.74, 6) is 2.17. The minimum absolute atomic E-state index is 0.00694. The van der Waals surface area contributed by atoms with Crippen molar-refractivity contribution in [3.05, 3.63) is 48.0 Å². The number of benzene rings is 2. The Kier molecular flexibility index (Phi) is 5.10. The van der Waals surface area contributed by atoms with Crippen molar-refractivity contribution in [3.8, 4) is 17.3 Å². The molecule has 1 amide bonds. The van der Waals surface area contributed by atoms with E-state index in [0.717, 1.165) is 60.8 Å². The van der Waals surface area contributed by atoms with Crippen LogP contribution in [-0.2, 0) is 13.1 Å². The molecule has 2 aromatic carbocycles. The van der Waals surface area contributed by atoms with Crippen molar-refractivity contribution in [1.82, 2.24) is 19.0 Å². The zero-order chi connectivity index (χ0) is 23.4. The summed E-state index contributed by atoms with van der Waals surface area (Å²) in [6.07, 6.45) is 1.91. The predicted molar refractivity (Wildman–Crippen MR) is 134 cm³/mol.